The van der Waals surface area contributed by atoms with E-state index in [1.165, 1.54) is 6.20 Å². The number of nitrogens with one attached hydrogen (secondary N) is 2. The molecule has 0 saturated heterocycles. The maximum Gasteiger partial charge on any atom is 0.341 e. The first-order valence-electron chi connectivity index (χ1n) is 5.04. The maximum absolute atomic E-state index is 11.1. The quantitative estimate of drug-likeness (QED) is 0.670. The fourth-order valence-corrected chi connectivity index (χ4v) is 1.28. The summed E-state index contributed by atoms with van der Waals surface area (Å²) in [5, 5.41) is 24.6. The number of carbonyl (C=O) groups is 1. The van der Waals surface area contributed by atoms with Crippen LogP contribution in [0.2, 0.25) is 0 Å². The van der Waals surface area contributed by atoms with Crippen LogP contribution in [0.1, 0.15) is 11.4 Å². The van der Waals surface area contributed by atoms with E-state index in [9.17, 15) is 4.79 Å². The molecule has 0 saturated carbocycles. The molecule has 18 heavy (non-hydrogen) atoms. The zero-order chi connectivity index (χ0) is 13.0. The Morgan fingerprint density at radius 3 is 3.00 bits per heavy atom. The Balaban J connectivity index is 2.26. The van der Waals surface area contributed by atoms with Crippen molar-refractivity contribution >= 4 is 17.4 Å². The normalized spacial score (nSPS) is 11.3. The molecule has 0 atom stereocenters. The maximum atomic E-state index is 11.1. The number of H-pyrrole nitrogens is 1. The van der Waals surface area contributed by atoms with Gasteiger partial charge in [-0.25, -0.2) is 9.78 Å². The molecular weight excluding hydrogens is 236 g/mol. The van der Waals surface area contributed by atoms with Crippen molar-refractivity contribution in [3.8, 4) is 0 Å². The summed E-state index contributed by atoms with van der Waals surface area (Å²) in [5.41, 5.74) is 0.792. The number of rotatable bonds is 4. The van der Waals surface area contributed by atoms with Crippen LogP contribution >= 0.6 is 0 Å². The van der Waals surface area contributed by atoms with Gasteiger partial charge in [-0.3, -0.25) is 0 Å². The smallest absolute Gasteiger partial charge is 0.341 e. The summed E-state index contributed by atoms with van der Waals surface area (Å²) in [5.74, 6) is -0.583. The first kappa shape index (κ1) is 11.7. The summed E-state index contributed by atoms with van der Waals surface area (Å²) in [7, 11) is 0. The Labute approximate surface area is 102 Å². The molecule has 0 spiro atoms. The molecule has 0 amide bonds. The average Bonchev–Trinajstić information content (AvgIpc) is 2.85. The van der Waals surface area contributed by atoms with E-state index in [2.05, 4.69) is 30.9 Å². The van der Waals surface area contributed by atoms with Crippen LogP contribution in [0.5, 0.6) is 0 Å². The van der Waals surface area contributed by atoms with E-state index in [4.69, 9.17) is 5.11 Å². The molecule has 0 bridgehead atoms. The van der Waals surface area contributed by atoms with Gasteiger partial charge in [0.2, 0.25) is 5.82 Å². The van der Waals surface area contributed by atoms with Crippen molar-refractivity contribution in [2.75, 3.05) is 5.32 Å². The summed E-state index contributed by atoms with van der Waals surface area (Å²) in [6, 6.07) is 3.65. The molecule has 8 heteroatoms. The lowest BCUT2D eigenvalue weighted by Gasteiger charge is -2.04. The van der Waals surface area contributed by atoms with Crippen LogP contribution < -0.4 is 5.32 Å². The van der Waals surface area contributed by atoms with Gasteiger partial charge in [0.15, 0.2) is 0 Å². The predicted molar refractivity (Wildman–Crippen MR) is 62.4 cm³/mol. The second kappa shape index (κ2) is 5.04. The Morgan fingerprint density at radius 1 is 1.56 bits per heavy atom. The number of hydrogen-bond acceptors (Lipinski definition) is 6. The van der Waals surface area contributed by atoms with Crippen molar-refractivity contribution in [2.24, 2.45) is 0 Å². The van der Waals surface area contributed by atoms with Gasteiger partial charge in [-0.1, -0.05) is 6.07 Å². The van der Waals surface area contributed by atoms with Crippen molar-refractivity contribution in [3.05, 3.63) is 35.9 Å². The third-order valence-corrected chi connectivity index (χ3v) is 2.18. The lowest BCUT2D eigenvalue weighted by atomic mass is 10.2. The summed E-state index contributed by atoms with van der Waals surface area (Å²) >= 11 is 0. The Hall–Kier alpha value is -2.77. The molecular formula is C10H10N6O2. The number of hydrogen-bond donors (Lipinski definition) is 3. The van der Waals surface area contributed by atoms with Gasteiger partial charge in [0.05, 0.1) is 0 Å². The van der Waals surface area contributed by atoms with Gasteiger partial charge in [-0.2, -0.15) is 5.21 Å². The minimum Gasteiger partial charge on any atom is -0.477 e. The van der Waals surface area contributed by atoms with Crippen molar-refractivity contribution in [1.29, 1.82) is 0 Å². The monoisotopic (exact) mass is 246 g/mol. The second-order valence-corrected chi connectivity index (χ2v) is 3.41. The lowest BCUT2D eigenvalue weighted by Crippen LogP contribution is -2.05. The van der Waals surface area contributed by atoms with E-state index in [0.717, 1.165) is 5.56 Å². The number of aromatic amines is 1. The molecule has 2 rings (SSSR count). The van der Waals surface area contributed by atoms with E-state index in [1.807, 2.05) is 13.0 Å². The van der Waals surface area contributed by atoms with Crippen LogP contribution in [-0.4, -0.2) is 36.7 Å². The Morgan fingerprint density at radius 2 is 2.39 bits per heavy atom. The standard InChI is InChI=1S/C10H10N6O2/c1-6-3-2-4-11-8(6)12-5-7(10(17)18)9-13-15-16-14-9/h2-5H,1H3,(H,11,12)(H,17,18)(H,13,14,15,16). The number of aliphatic carboxylic acids is 1. The summed E-state index contributed by atoms with van der Waals surface area (Å²) in [4.78, 5) is 15.1. The van der Waals surface area contributed by atoms with Crippen LogP contribution in [0.15, 0.2) is 24.5 Å². The number of nitrogens with zero attached hydrogens (tertiary/aromatic N) is 4. The highest BCUT2D eigenvalue weighted by atomic mass is 16.4. The van der Waals surface area contributed by atoms with Crippen LogP contribution in [0.3, 0.4) is 0 Å². The SMILES string of the molecule is Cc1cccnc1NC=C(C(=O)O)c1nn[nH]n1. The van der Waals surface area contributed by atoms with Crippen LogP contribution in [0.25, 0.3) is 5.57 Å². The third-order valence-electron chi connectivity index (χ3n) is 2.18. The zero-order valence-electron chi connectivity index (χ0n) is 9.45. The topological polar surface area (TPSA) is 117 Å². The summed E-state index contributed by atoms with van der Waals surface area (Å²) in [6.45, 7) is 1.86. The molecule has 0 aliphatic rings. The van der Waals surface area contributed by atoms with Crippen LogP contribution in [-0.2, 0) is 4.79 Å². The molecule has 0 aromatic carbocycles. The van der Waals surface area contributed by atoms with Crippen LogP contribution in [0.4, 0.5) is 5.82 Å². The highest BCUT2D eigenvalue weighted by Gasteiger charge is 2.14. The van der Waals surface area contributed by atoms with E-state index in [1.54, 1.807) is 12.3 Å². The first-order chi connectivity index (χ1) is 8.68. The van der Waals surface area contributed by atoms with Gasteiger partial charge in [0.25, 0.3) is 0 Å². The average molecular weight is 246 g/mol. The van der Waals surface area contributed by atoms with Crippen molar-refractivity contribution in [2.45, 2.75) is 6.92 Å². The van der Waals surface area contributed by atoms with Gasteiger partial charge >= 0.3 is 5.97 Å². The molecule has 0 unspecified atom stereocenters. The van der Waals surface area contributed by atoms with Crippen molar-refractivity contribution in [3.63, 3.8) is 0 Å². The number of aryl methyl sites for hydroxylation is 1. The molecule has 2 aromatic heterocycles. The second-order valence-electron chi connectivity index (χ2n) is 3.41. The third kappa shape index (κ3) is 2.48. The highest BCUT2D eigenvalue weighted by molar-refractivity contribution is 6.14. The number of pyridine rings is 1. The van der Waals surface area contributed by atoms with Crippen LogP contribution in [0, 0.1) is 6.92 Å². The van der Waals surface area contributed by atoms with Gasteiger partial charge in [-0.05, 0) is 23.8 Å². The Bertz CT molecular complexity index is 578. The summed E-state index contributed by atoms with van der Waals surface area (Å²) in [6.07, 6.45) is 2.89. The van der Waals surface area contributed by atoms with E-state index >= 15 is 0 Å². The van der Waals surface area contributed by atoms with E-state index in [-0.39, 0.29) is 11.4 Å². The molecule has 0 radical (unpaired) electrons. The number of carboxylic acid groups (broad SMARTS) is 1. The van der Waals surface area contributed by atoms with E-state index in [0.29, 0.717) is 5.82 Å². The van der Waals surface area contributed by atoms with E-state index < -0.39 is 5.97 Å². The molecule has 92 valence electrons. The molecule has 8 nitrogen and oxygen atoms in total. The number of aromatic nitrogens is 5. The summed E-state index contributed by atoms with van der Waals surface area (Å²) < 4.78 is 0. The fraction of sp³-hybridized carbons (Fsp3) is 0.100. The predicted octanol–water partition coefficient (Wildman–Crippen LogP) is 0.441. The first-order valence-corrected chi connectivity index (χ1v) is 5.04. The van der Waals surface area contributed by atoms with Gasteiger partial charge < -0.3 is 10.4 Å². The highest BCUT2D eigenvalue weighted by Crippen LogP contribution is 2.12. The molecule has 2 aromatic rings. The molecule has 0 aliphatic carbocycles. The fourth-order valence-electron chi connectivity index (χ4n) is 1.28. The largest absolute Gasteiger partial charge is 0.477 e. The molecule has 3 N–H and O–H groups in total. The molecule has 0 fully saturated rings. The molecule has 0 aliphatic heterocycles. The van der Waals surface area contributed by atoms with Gasteiger partial charge in [0, 0.05) is 12.4 Å². The lowest BCUT2D eigenvalue weighted by molar-refractivity contribution is -0.130. The minimum absolute atomic E-state index is 0.00332. The number of carboxylic acids is 1. The number of tetrazole rings is 1. The van der Waals surface area contributed by atoms with Crippen molar-refractivity contribution < 1.29 is 9.90 Å². The van der Waals surface area contributed by atoms with Gasteiger partial charge in [-0.15, -0.1) is 10.2 Å². The number of anilines is 1. The Kier molecular flexibility index (Phi) is 3.28. The van der Waals surface area contributed by atoms with Gasteiger partial charge in [0.1, 0.15) is 11.4 Å². The van der Waals surface area contributed by atoms with Crippen molar-refractivity contribution in [1.82, 2.24) is 25.6 Å². The minimum atomic E-state index is -1.16. The zero-order valence-corrected chi connectivity index (χ0v) is 9.45. The molecule has 2 heterocycles.